The Morgan fingerprint density at radius 2 is 2.00 bits per heavy atom. The summed E-state index contributed by atoms with van der Waals surface area (Å²) >= 11 is 0. The highest BCUT2D eigenvalue weighted by Crippen LogP contribution is 2.48. The summed E-state index contributed by atoms with van der Waals surface area (Å²) in [5.41, 5.74) is 0. The SMILES string of the molecule is CCOCCCC(=O)NC1C2CCC(C2)C1C(=O)OC. The normalized spacial score (nSPS) is 31.3. The molecule has 0 aliphatic heterocycles. The number of carbonyl (C=O) groups excluding carboxylic acids is 2. The minimum absolute atomic E-state index is 0.0242. The largest absolute Gasteiger partial charge is 0.469 e. The summed E-state index contributed by atoms with van der Waals surface area (Å²) in [4.78, 5) is 23.9. The van der Waals surface area contributed by atoms with Crippen LogP contribution in [0.25, 0.3) is 0 Å². The van der Waals surface area contributed by atoms with Gasteiger partial charge in [-0.25, -0.2) is 0 Å². The zero-order chi connectivity index (χ0) is 14.5. The molecular formula is C15H25NO4. The van der Waals surface area contributed by atoms with Crippen molar-refractivity contribution in [1.82, 2.24) is 5.32 Å². The predicted molar refractivity (Wildman–Crippen MR) is 74.0 cm³/mol. The third kappa shape index (κ3) is 3.32. The lowest BCUT2D eigenvalue weighted by atomic mass is 9.84. The van der Waals surface area contributed by atoms with E-state index in [1.807, 2.05) is 6.92 Å². The molecule has 0 aromatic rings. The van der Waals surface area contributed by atoms with Crippen molar-refractivity contribution in [2.75, 3.05) is 20.3 Å². The molecule has 2 fully saturated rings. The van der Waals surface area contributed by atoms with Crippen molar-refractivity contribution in [3.8, 4) is 0 Å². The van der Waals surface area contributed by atoms with Crippen molar-refractivity contribution >= 4 is 11.9 Å². The molecule has 0 saturated heterocycles. The van der Waals surface area contributed by atoms with Gasteiger partial charge in [-0.15, -0.1) is 0 Å². The second-order valence-electron chi connectivity index (χ2n) is 5.78. The molecule has 2 aliphatic carbocycles. The summed E-state index contributed by atoms with van der Waals surface area (Å²) in [5.74, 6) is 0.545. The van der Waals surface area contributed by atoms with Crippen LogP contribution in [0.2, 0.25) is 0 Å². The molecule has 0 aromatic carbocycles. The van der Waals surface area contributed by atoms with Crippen LogP contribution in [0.5, 0.6) is 0 Å². The Morgan fingerprint density at radius 3 is 2.70 bits per heavy atom. The molecule has 2 saturated carbocycles. The van der Waals surface area contributed by atoms with Crippen LogP contribution in [-0.4, -0.2) is 38.2 Å². The van der Waals surface area contributed by atoms with E-state index >= 15 is 0 Å². The number of fused-ring (bicyclic) bond motifs is 2. The average molecular weight is 283 g/mol. The number of methoxy groups -OCH3 is 1. The molecule has 0 aromatic heterocycles. The Balaban J connectivity index is 1.84. The monoisotopic (exact) mass is 283 g/mol. The van der Waals surface area contributed by atoms with Gasteiger partial charge in [-0.2, -0.15) is 0 Å². The summed E-state index contributed by atoms with van der Waals surface area (Å²) in [5, 5.41) is 3.06. The molecule has 2 bridgehead atoms. The Morgan fingerprint density at radius 1 is 1.25 bits per heavy atom. The highest BCUT2D eigenvalue weighted by molar-refractivity contribution is 5.79. The van der Waals surface area contributed by atoms with Gasteiger partial charge in [0.25, 0.3) is 0 Å². The van der Waals surface area contributed by atoms with E-state index < -0.39 is 0 Å². The van der Waals surface area contributed by atoms with Crippen LogP contribution < -0.4 is 5.32 Å². The standard InChI is InChI=1S/C15H25NO4/c1-3-20-8-4-5-12(17)16-14-11-7-6-10(9-11)13(14)15(18)19-2/h10-11,13-14H,3-9H2,1-2H3,(H,16,17). The molecule has 0 radical (unpaired) electrons. The molecule has 0 spiro atoms. The highest BCUT2D eigenvalue weighted by Gasteiger charge is 2.51. The number of hydrogen-bond donors (Lipinski definition) is 1. The molecule has 1 amide bonds. The third-order valence-electron chi connectivity index (χ3n) is 4.61. The molecule has 114 valence electrons. The lowest BCUT2D eigenvalue weighted by Gasteiger charge is -2.29. The first-order chi connectivity index (χ1) is 9.67. The second kappa shape index (κ2) is 7.07. The predicted octanol–water partition coefficient (Wildman–Crippen LogP) is 1.51. The summed E-state index contributed by atoms with van der Waals surface area (Å²) in [6.45, 7) is 3.23. The number of rotatable bonds is 7. The van der Waals surface area contributed by atoms with Gasteiger partial charge in [-0.1, -0.05) is 0 Å². The van der Waals surface area contributed by atoms with E-state index in [4.69, 9.17) is 9.47 Å². The summed E-state index contributed by atoms with van der Waals surface area (Å²) in [6, 6.07) is -0.0270. The zero-order valence-corrected chi connectivity index (χ0v) is 12.4. The van der Waals surface area contributed by atoms with Gasteiger partial charge in [0.05, 0.1) is 13.0 Å². The van der Waals surface area contributed by atoms with Crippen LogP contribution in [0.1, 0.15) is 39.0 Å². The first kappa shape index (κ1) is 15.3. The fourth-order valence-corrected chi connectivity index (χ4v) is 3.71. The fourth-order valence-electron chi connectivity index (χ4n) is 3.71. The number of esters is 1. The van der Waals surface area contributed by atoms with Crippen molar-refractivity contribution in [2.45, 2.75) is 45.1 Å². The third-order valence-corrected chi connectivity index (χ3v) is 4.61. The molecule has 0 heterocycles. The van der Waals surface area contributed by atoms with Gasteiger partial charge in [0.1, 0.15) is 0 Å². The van der Waals surface area contributed by atoms with Crippen molar-refractivity contribution in [3.63, 3.8) is 0 Å². The van der Waals surface area contributed by atoms with Crippen LogP contribution in [0.4, 0.5) is 0 Å². The summed E-state index contributed by atoms with van der Waals surface area (Å²) in [6.07, 6.45) is 4.43. The maximum absolute atomic E-state index is 12.0. The Kier molecular flexibility index (Phi) is 5.40. The number of amides is 1. The van der Waals surface area contributed by atoms with Crippen molar-refractivity contribution in [3.05, 3.63) is 0 Å². The first-order valence-corrected chi connectivity index (χ1v) is 7.62. The van der Waals surface area contributed by atoms with E-state index in [0.29, 0.717) is 31.5 Å². The van der Waals surface area contributed by atoms with Gasteiger partial charge in [0.2, 0.25) is 5.91 Å². The van der Waals surface area contributed by atoms with Gasteiger partial charge in [0, 0.05) is 25.7 Å². The Hall–Kier alpha value is -1.10. The molecule has 20 heavy (non-hydrogen) atoms. The van der Waals surface area contributed by atoms with E-state index in [1.165, 1.54) is 7.11 Å². The van der Waals surface area contributed by atoms with Crippen molar-refractivity contribution < 1.29 is 19.1 Å². The molecular weight excluding hydrogens is 258 g/mol. The molecule has 4 atom stereocenters. The molecule has 2 rings (SSSR count). The topological polar surface area (TPSA) is 64.6 Å². The number of carbonyl (C=O) groups is 2. The minimum atomic E-state index is -0.170. The number of hydrogen-bond acceptors (Lipinski definition) is 4. The first-order valence-electron chi connectivity index (χ1n) is 7.62. The molecule has 2 aliphatic rings. The van der Waals surface area contributed by atoms with Crippen LogP contribution in [0.15, 0.2) is 0 Å². The smallest absolute Gasteiger partial charge is 0.311 e. The maximum atomic E-state index is 12.0. The summed E-state index contributed by atoms with van der Waals surface area (Å²) < 4.78 is 10.1. The fraction of sp³-hybridized carbons (Fsp3) is 0.867. The van der Waals surface area contributed by atoms with Crippen molar-refractivity contribution in [2.24, 2.45) is 17.8 Å². The van der Waals surface area contributed by atoms with E-state index in [2.05, 4.69) is 5.32 Å². The van der Waals surface area contributed by atoms with E-state index in [1.54, 1.807) is 0 Å². The average Bonchev–Trinajstić information content (AvgIpc) is 3.04. The molecule has 4 unspecified atom stereocenters. The van der Waals surface area contributed by atoms with Crippen molar-refractivity contribution in [1.29, 1.82) is 0 Å². The number of nitrogens with one attached hydrogen (secondary N) is 1. The van der Waals surface area contributed by atoms with Crippen LogP contribution in [0, 0.1) is 17.8 Å². The lowest BCUT2D eigenvalue weighted by molar-refractivity contribution is -0.148. The molecule has 5 nitrogen and oxygen atoms in total. The van der Waals surface area contributed by atoms with E-state index in [-0.39, 0.29) is 23.8 Å². The Bertz CT molecular complexity index is 358. The maximum Gasteiger partial charge on any atom is 0.311 e. The molecule has 1 N–H and O–H groups in total. The van der Waals surface area contributed by atoms with Gasteiger partial charge >= 0.3 is 5.97 Å². The quantitative estimate of drug-likeness (QED) is 0.568. The summed E-state index contributed by atoms with van der Waals surface area (Å²) in [7, 11) is 1.43. The highest BCUT2D eigenvalue weighted by atomic mass is 16.5. The van der Waals surface area contributed by atoms with Gasteiger partial charge in [-0.3, -0.25) is 9.59 Å². The van der Waals surface area contributed by atoms with Crippen LogP contribution in [-0.2, 0) is 19.1 Å². The Labute approximate surface area is 120 Å². The van der Waals surface area contributed by atoms with Gasteiger partial charge < -0.3 is 14.8 Å². The molecule has 5 heteroatoms. The minimum Gasteiger partial charge on any atom is -0.469 e. The van der Waals surface area contributed by atoms with E-state index in [9.17, 15) is 9.59 Å². The van der Waals surface area contributed by atoms with Gasteiger partial charge in [-0.05, 0) is 44.4 Å². The second-order valence-corrected chi connectivity index (χ2v) is 5.78. The lowest BCUT2D eigenvalue weighted by Crippen LogP contribution is -2.47. The van der Waals surface area contributed by atoms with Gasteiger partial charge in [0.15, 0.2) is 0 Å². The van der Waals surface area contributed by atoms with Crippen LogP contribution in [0.3, 0.4) is 0 Å². The number of ether oxygens (including phenoxy) is 2. The zero-order valence-electron chi connectivity index (χ0n) is 12.4. The van der Waals surface area contributed by atoms with Crippen LogP contribution >= 0.6 is 0 Å². The van der Waals surface area contributed by atoms with E-state index in [0.717, 1.165) is 25.7 Å².